The topological polar surface area (TPSA) is 76.0 Å². The van der Waals surface area contributed by atoms with Crippen LogP contribution in [0, 0.1) is 0 Å². The molecule has 1 rings (SSSR count). The molecule has 100 valence electrons. The van der Waals surface area contributed by atoms with E-state index in [9.17, 15) is 15.0 Å². The average molecular weight is 319 g/mol. The molecule has 0 aromatic heterocycles. The fourth-order valence-corrected chi connectivity index (χ4v) is 1.91. The van der Waals surface area contributed by atoms with E-state index < -0.39 is 12.2 Å². The number of carbonyl (C=O) groups is 1. The van der Waals surface area contributed by atoms with Gasteiger partial charge in [-0.1, -0.05) is 15.9 Å². The summed E-state index contributed by atoms with van der Waals surface area (Å²) in [5.74, 6) is 0.780. The molecule has 1 aromatic rings. The maximum absolute atomic E-state index is 11.0. The lowest BCUT2D eigenvalue weighted by Gasteiger charge is -2.19. The van der Waals surface area contributed by atoms with E-state index in [-0.39, 0.29) is 10.9 Å². The highest BCUT2D eigenvalue weighted by atomic mass is 79.9. The second-order valence-corrected chi connectivity index (χ2v) is 4.27. The number of aliphatic hydroxyl groups excluding tert-OH is 2. The van der Waals surface area contributed by atoms with Crippen LogP contribution in [0.4, 0.5) is 0 Å². The number of alkyl halides is 1. The van der Waals surface area contributed by atoms with E-state index >= 15 is 0 Å². The van der Waals surface area contributed by atoms with Crippen molar-refractivity contribution in [3.8, 4) is 11.5 Å². The third-order valence-corrected chi connectivity index (χ3v) is 3.22. The molecule has 2 unspecified atom stereocenters. The Morgan fingerprint density at radius 3 is 2.28 bits per heavy atom. The first-order chi connectivity index (χ1) is 8.58. The van der Waals surface area contributed by atoms with E-state index in [1.165, 1.54) is 26.4 Å². The molecular formula is C12H15BrO5. The maximum Gasteiger partial charge on any atom is 0.161 e. The number of ether oxygens (including phenoxy) is 2. The molecule has 2 atom stereocenters. The SMILES string of the molecule is COc1cc(C=O)c(C(O)C(O)CBr)cc1OC. The van der Waals surface area contributed by atoms with Crippen molar-refractivity contribution in [1.82, 2.24) is 0 Å². The Morgan fingerprint density at radius 1 is 1.28 bits per heavy atom. The van der Waals surface area contributed by atoms with Gasteiger partial charge in [0.25, 0.3) is 0 Å². The third-order valence-electron chi connectivity index (χ3n) is 2.56. The molecule has 1 aromatic carbocycles. The molecule has 0 amide bonds. The minimum Gasteiger partial charge on any atom is -0.493 e. The Hall–Kier alpha value is -1.11. The van der Waals surface area contributed by atoms with Gasteiger partial charge in [0.1, 0.15) is 6.10 Å². The lowest BCUT2D eigenvalue weighted by Crippen LogP contribution is -2.20. The highest BCUT2D eigenvalue weighted by Crippen LogP contribution is 2.33. The highest BCUT2D eigenvalue weighted by Gasteiger charge is 2.22. The molecule has 5 nitrogen and oxygen atoms in total. The Balaban J connectivity index is 3.29. The van der Waals surface area contributed by atoms with E-state index in [1.807, 2.05) is 0 Å². The number of aliphatic hydroxyl groups is 2. The number of methoxy groups -OCH3 is 2. The number of hydrogen-bond donors (Lipinski definition) is 2. The van der Waals surface area contributed by atoms with Crippen LogP contribution in [0.3, 0.4) is 0 Å². The van der Waals surface area contributed by atoms with Crippen LogP contribution in [-0.4, -0.2) is 42.2 Å². The zero-order valence-electron chi connectivity index (χ0n) is 10.1. The number of benzene rings is 1. The molecular weight excluding hydrogens is 304 g/mol. The summed E-state index contributed by atoms with van der Waals surface area (Å²) in [7, 11) is 2.91. The molecule has 0 saturated heterocycles. The summed E-state index contributed by atoms with van der Waals surface area (Å²) in [4.78, 5) is 11.0. The van der Waals surface area contributed by atoms with E-state index in [4.69, 9.17) is 9.47 Å². The monoisotopic (exact) mass is 318 g/mol. The zero-order valence-corrected chi connectivity index (χ0v) is 11.7. The quantitative estimate of drug-likeness (QED) is 0.611. The van der Waals surface area contributed by atoms with Gasteiger partial charge in [-0.25, -0.2) is 0 Å². The second kappa shape index (κ2) is 6.72. The van der Waals surface area contributed by atoms with E-state index in [1.54, 1.807) is 0 Å². The Morgan fingerprint density at radius 2 is 1.83 bits per heavy atom. The fraction of sp³-hybridized carbons (Fsp3) is 0.417. The minimum absolute atomic E-state index is 0.195. The Bertz CT molecular complexity index is 421. The number of hydrogen-bond acceptors (Lipinski definition) is 5. The van der Waals surface area contributed by atoms with Gasteiger partial charge < -0.3 is 19.7 Å². The molecule has 18 heavy (non-hydrogen) atoms. The van der Waals surface area contributed by atoms with Gasteiger partial charge in [0, 0.05) is 10.9 Å². The van der Waals surface area contributed by atoms with Crippen molar-refractivity contribution < 1.29 is 24.5 Å². The molecule has 2 N–H and O–H groups in total. The van der Waals surface area contributed by atoms with Crippen LogP contribution in [-0.2, 0) is 0 Å². The largest absolute Gasteiger partial charge is 0.493 e. The van der Waals surface area contributed by atoms with Crippen molar-refractivity contribution in [1.29, 1.82) is 0 Å². The molecule has 0 radical (unpaired) electrons. The van der Waals surface area contributed by atoms with Crippen LogP contribution in [0.2, 0.25) is 0 Å². The summed E-state index contributed by atoms with van der Waals surface area (Å²) >= 11 is 3.07. The second-order valence-electron chi connectivity index (χ2n) is 3.62. The van der Waals surface area contributed by atoms with E-state index in [0.29, 0.717) is 23.3 Å². The lowest BCUT2D eigenvalue weighted by atomic mass is 9.99. The third kappa shape index (κ3) is 3.01. The number of rotatable bonds is 6. The van der Waals surface area contributed by atoms with Crippen molar-refractivity contribution in [2.24, 2.45) is 0 Å². The zero-order chi connectivity index (χ0) is 13.7. The van der Waals surface area contributed by atoms with Crippen molar-refractivity contribution >= 4 is 22.2 Å². The van der Waals surface area contributed by atoms with Crippen LogP contribution in [0.5, 0.6) is 11.5 Å². The molecule has 0 saturated carbocycles. The summed E-state index contributed by atoms with van der Waals surface area (Å²) in [6.07, 6.45) is -1.59. The van der Waals surface area contributed by atoms with Crippen molar-refractivity contribution in [3.05, 3.63) is 23.3 Å². The first kappa shape index (κ1) is 14.9. The van der Waals surface area contributed by atoms with Crippen LogP contribution < -0.4 is 9.47 Å². The summed E-state index contributed by atoms with van der Waals surface area (Å²) in [6.45, 7) is 0. The standard InChI is InChI=1S/C12H15BrO5/c1-17-10-3-7(6-14)8(4-11(10)18-2)12(16)9(15)5-13/h3-4,6,9,12,15-16H,5H2,1-2H3. The molecule has 0 aliphatic carbocycles. The average Bonchev–Trinajstić information content (AvgIpc) is 2.43. The predicted molar refractivity (Wildman–Crippen MR) is 69.7 cm³/mol. The van der Waals surface area contributed by atoms with Crippen LogP contribution >= 0.6 is 15.9 Å². The van der Waals surface area contributed by atoms with Gasteiger partial charge in [-0.2, -0.15) is 0 Å². The lowest BCUT2D eigenvalue weighted by molar-refractivity contribution is 0.0337. The molecule has 6 heteroatoms. The van der Waals surface area contributed by atoms with Gasteiger partial charge in [-0.3, -0.25) is 4.79 Å². The molecule has 0 heterocycles. The molecule has 0 aliphatic heterocycles. The molecule has 0 fully saturated rings. The Kier molecular flexibility index (Phi) is 5.58. The van der Waals surface area contributed by atoms with Gasteiger partial charge in [-0.05, 0) is 17.7 Å². The first-order valence-corrected chi connectivity index (χ1v) is 6.34. The highest BCUT2D eigenvalue weighted by molar-refractivity contribution is 9.09. The van der Waals surface area contributed by atoms with Crippen molar-refractivity contribution in [2.75, 3.05) is 19.5 Å². The van der Waals surface area contributed by atoms with Crippen LogP contribution in [0.25, 0.3) is 0 Å². The summed E-state index contributed by atoms with van der Waals surface area (Å²) in [5.41, 5.74) is 0.551. The van der Waals surface area contributed by atoms with Crippen LogP contribution in [0.1, 0.15) is 22.0 Å². The summed E-state index contributed by atoms with van der Waals surface area (Å²) in [6, 6.07) is 2.95. The molecule has 0 spiro atoms. The summed E-state index contributed by atoms with van der Waals surface area (Å²) in [5, 5.41) is 19.7. The fourth-order valence-electron chi connectivity index (χ4n) is 1.56. The van der Waals surface area contributed by atoms with Gasteiger partial charge in [-0.15, -0.1) is 0 Å². The van der Waals surface area contributed by atoms with Gasteiger partial charge in [0.15, 0.2) is 17.8 Å². The molecule has 0 bridgehead atoms. The number of carbonyl (C=O) groups excluding carboxylic acids is 1. The van der Waals surface area contributed by atoms with Gasteiger partial charge in [0.05, 0.1) is 20.3 Å². The number of halogens is 1. The van der Waals surface area contributed by atoms with E-state index in [0.717, 1.165) is 0 Å². The predicted octanol–water partition coefficient (Wildman–Crippen LogP) is 1.31. The number of aldehydes is 1. The van der Waals surface area contributed by atoms with Crippen molar-refractivity contribution in [2.45, 2.75) is 12.2 Å². The van der Waals surface area contributed by atoms with Crippen molar-refractivity contribution in [3.63, 3.8) is 0 Å². The van der Waals surface area contributed by atoms with Crippen LogP contribution in [0.15, 0.2) is 12.1 Å². The Labute approximate surface area is 113 Å². The summed E-state index contributed by atoms with van der Waals surface area (Å²) < 4.78 is 10.2. The maximum atomic E-state index is 11.0. The van der Waals surface area contributed by atoms with E-state index in [2.05, 4.69) is 15.9 Å². The van der Waals surface area contributed by atoms with Gasteiger partial charge >= 0.3 is 0 Å². The normalized spacial score (nSPS) is 13.8. The van der Waals surface area contributed by atoms with Gasteiger partial charge in [0.2, 0.25) is 0 Å². The smallest absolute Gasteiger partial charge is 0.161 e. The first-order valence-electron chi connectivity index (χ1n) is 5.22. The molecule has 0 aliphatic rings. The minimum atomic E-state index is -1.18.